The topological polar surface area (TPSA) is 146 Å². The summed E-state index contributed by atoms with van der Waals surface area (Å²) in [5.41, 5.74) is 2.14. The number of aliphatic hydroxyl groups excluding tert-OH is 5. The van der Waals surface area contributed by atoms with Gasteiger partial charge in [-0.3, -0.25) is 4.79 Å². The van der Waals surface area contributed by atoms with Gasteiger partial charge in [0.05, 0.1) is 24.7 Å². The highest BCUT2D eigenvalue weighted by molar-refractivity contribution is 5.74. The molecule has 5 N–H and O–H groups in total. The average Bonchev–Trinajstić information content (AvgIpc) is 3.34. The number of esters is 1. The lowest BCUT2D eigenvalue weighted by Crippen LogP contribution is -2.60. The minimum absolute atomic E-state index is 0.00566. The Labute approximate surface area is 261 Å². The van der Waals surface area contributed by atoms with Gasteiger partial charge >= 0.3 is 5.97 Å². The Hall–Kier alpha value is -1.33. The Morgan fingerprint density at radius 1 is 1.00 bits per heavy atom. The zero-order valence-corrected chi connectivity index (χ0v) is 27.0. The average molecular weight is 619 g/mol. The van der Waals surface area contributed by atoms with Gasteiger partial charge in [-0.05, 0) is 110 Å². The summed E-state index contributed by atoms with van der Waals surface area (Å²) in [5, 5.41) is 51.0. The van der Waals surface area contributed by atoms with E-state index >= 15 is 0 Å². The van der Waals surface area contributed by atoms with Crippen LogP contribution in [0.1, 0.15) is 92.4 Å². The number of cyclic esters (lactones) is 1. The van der Waals surface area contributed by atoms with Crippen molar-refractivity contribution >= 4 is 5.97 Å². The molecule has 2 heterocycles. The summed E-state index contributed by atoms with van der Waals surface area (Å²) < 4.78 is 18.0. The number of carbonyl (C=O) groups excluding carboxylic acids is 1. The normalized spacial score (nSPS) is 49.8. The highest BCUT2D eigenvalue weighted by Crippen LogP contribution is 2.65. The van der Waals surface area contributed by atoms with E-state index < -0.39 is 49.0 Å². The minimum Gasteiger partial charge on any atom is -0.456 e. The lowest BCUT2D eigenvalue weighted by atomic mass is 9.51. The molecule has 248 valence electrons. The van der Waals surface area contributed by atoms with Gasteiger partial charge in [-0.15, -0.1) is 0 Å². The summed E-state index contributed by atoms with van der Waals surface area (Å²) >= 11 is 0. The van der Waals surface area contributed by atoms with E-state index in [0.29, 0.717) is 18.3 Å². The molecule has 2 saturated carbocycles. The number of aliphatic hydroxyl groups is 5. The maximum absolute atomic E-state index is 13.6. The molecule has 0 radical (unpaired) electrons. The number of hydrogen-bond donors (Lipinski definition) is 5. The van der Waals surface area contributed by atoms with Crippen LogP contribution in [0.25, 0.3) is 0 Å². The summed E-state index contributed by atoms with van der Waals surface area (Å²) in [4.78, 5) is 13.6. The minimum atomic E-state index is -1.44. The van der Waals surface area contributed by atoms with Gasteiger partial charge in [0, 0.05) is 0 Å². The Kier molecular flexibility index (Phi) is 8.69. The number of ether oxygens (including phenoxy) is 3. The fourth-order valence-corrected chi connectivity index (χ4v) is 10.4. The molecular formula is C35H54O9. The zero-order valence-electron chi connectivity index (χ0n) is 27.0. The smallest absolute Gasteiger partial charge is 0.309 e. The SMILES string of the molecule is CC(C)C1(C(C)O)CCC(C2CCC3C4=CCC5CC(OC6OC(CO)C(O)C(O)C6O)CCC5(C)C4=CCC32C)C(=O)O1. The molecular weight excluding hydrogens is 564 g/mol. The van der Waals surface area contributed by atoms with Crippen LogP contribution in [0.2, 0.25) is 0 Å². The van der Waals surface area contributed by atoms with Crippen LogP contribution in [-0.4, -0.2) is 86.6 Å². The molecule has 0 bridgehead atoms. The third-order valence-corrected chi connectivity index (χ3v) is 13.3. The molecule has 0 aromatic heterocycles. The van der Waals surface area contributed by atoms with Crippen LogP contribution in [0.5, 0.6) is 0 Å². The largest absolute Gasteiger partial charge is 0.456 e. The second-order valence-corrected chi connectivity index (χ2v) is 15.7. The van der Waals surface area contributed by atoms with Crippen molar-refractivity contribution in [3.05, 3.63) is 23.3 Å². The van der Waals surface area contributed by atoms with Crippen LogP contribution < -0.4 is 0 Å². The van der Waals surface area contributed by atoms with Crippen molar-refractivity contribution in [3.8, 4) is 0 Å². The van der Waals surface area contributed by atoms with Crippen LogP contribution in [0.15, 0.2) is 23.3 Å². The molecule has 0 amide bonds. The third-order valence-electron chi connectivity index (χ3n) is 13.3. The van der Waals surface area contributed by atoms with Crippen LogP contribution in [-0.2, 0) is 19.0 Å². The maximum Gasteiger partial charge on any atom is 0.309 e. The second kappa shape index (κ2) is 11.7. The molecule has 6 aliphatic rings. The summed E-state index contributed by atoms with van der Waals surface area (Å²) in [6.07, 6.45) is 5.69. The van der Waals surface area contributed by atoms with E-state index in [1.165, 1.54) is 11.1 Å². The Bertz CT molecular complexity index is 1150. The summed E-state index contributed by atoms with van der Waals surface area (Å²) in [6, 6.07) is 0. The van der Waals surface area contributed by atoms with Gasteiger partial charge < -0.3 is 39.7 Å². The van der Waals surface area contributed by atoms with E-state index in [0.717, 1.165) is 51.4 Å². The van der Waals surface area contributed by atoms with Gasteiger partial charge in [-0.25, -0.2) is 0 Å². The van der Waals surface area contributed by atoms with Crippen molar-refractivity contribution in [3.63, 3.8) is 0 Å². The molecule has 9 heteroatoms. The van der Waals surface area contributed by atoms with E-state index in [4.69, 9.17) is 14.2 Å². The van der Waals surface area contributed by atoms with Gasteiger partial charge in [0.1, 0.15) is 30.0 Å². The third kappa shape index (κ3) is 4.95. The van der Waals surface area contributed by atoms with Crippen molar-refractivity contribution in [1.82, 2.24) is 0 Å². The summed E-state index contributed by atoms with van der Waals surface area (Å²) in [6.45, 7) is 10.1. The fourth-order valence-electron chi connectivity index (χ4n) is 10.4. The number of fused-ring (bicyclic) bond motifs is 5. The van der Waals surface area contributed by atoms with Gasteiger partial charge in [0.25, 0.3) is 0 Å². The molecule has 14 unspecified atom stereocenters. The molecule has 0 aromatic carbocycles. The lowest BCUT2D eigenvalue weighted by molar-refractivity contribution is -0.314. The van der Waals surface area contributed by atoms with Gasteiger partial charge in [0.2, 0.25) is 0 Å². The lowest BCUT2D eigenvalue weighted by Gasteiger charge is -2.54. The summed E-state index contributed by atoms with van der Waals surface area (Å²) in [7, 11) is 0. The van der Waals surface area contributed by atoms with Gasteiger partial charge in [-0.2, -0.15) is 0 Å². The zero-order chi connectivity index (χ0) is 31.8. The Balaban J connectivity index is 1.15. The first-order valence-corrected chi connectivity index (χ1v) is 17.0. The predicted octanol–water partition coefficient (Wildman–Crippen LogP) is 3.40. The monoisotopic (exact) mass is 618 g/mol. The van der Waals surface area contributed by atoms with E-state index in [-0.39, 0.29) is 40.7 Å². The van der Waals surface area contributed by atoms with Crippen molar-refractivity contribution in [2.75, 3.05) is 6.61 Å². The molecule has 4 fully saturated rings. The maximum atomic E-state index is 13.6. The summed E-state index contributed by atoms with van der Waals surface area (Å²) in [5.74, 6) is 0.822. The van der Waals surface area contributed by atoms with E-state index in [1.807, 2.05) is 13.8 Å². The Morgan fingerprint density at radius 2 is 1.75 bits per heavy atom. The van der Waals surface area contributed by atoms with E-state index in [9.17, 15) is 30.3 Å². The molecule has 9 nitrogen and oxygen atoms in total. The first-order chi connectivity index (χ1) is 20.8. The Morgan fingerprint density at radius 3 is 2.41 bits per heavy atom. The first-order valence-electron chi connectivity index (χ1n) is 17.0. The molecule has 2 saturated heterocycles. The van der Waals surface area contributed by atoms with Crippen molar-refractivity contribution in [2.24, 2.45) is 40.4 Å². The van der Waals surface area contributed by atoms with Crippen LogP contribution >= 0.6 is 0 Å². The number of rotatable bonds is 6. The van der Waals surface area contributed by atoms with E-state index in [2.05, 4.69) is 26.0 Å². The van der Waals surface area contributed by atoms with E-state index in [1.54, 1.807) is 6.92 Å². The van der Waals surface area contributed by atoms with Crippen molar-refractivity contribution in [2.45, 2.75) is 141 Å². The standard InChI is InChI=1S/C35H54O9/c1-18(2)35(19(3)37)15-11-23(31(41)44-35)25-9-8-24-22-7-6-20-16-21(10-13-33(20,4)26(22)12-14-34(24,25)5)42-32-30(40)29(39)28(38)27(17-36)43-32/h7,12,18-21,23-25,27-30,32,36-40H,6,8-11,13-17H2,1-5H3. The molecule has 14 atom stereocenters. The van der Waals surface area contributed by atoms with Gasteiger partial charge in [-0.1, -0.05) is 39.8 Å². The van der Waals surface area contributed by atoms with Crippen LogP contribution in [0, 0.1) is 40.4 Å². The van der Waals surface area contributed by atoms with Crippen molar-refractivity contribution < 1.29 is 44.5 Å². The fraction of sp³-hybridized carbons (Fsp3) is 0.857. The molecule has 0 spiro atoms. The molecule has 6 rings (SSSR count). The molecule has 44 heavy (non-hydrogen) atoms. The predicted molar refractivity (Wildman–Crippen MR) is 162 cm³/mol. The first kappa shape index (κ1) is 32.6. The highest BCUT2D eigenvalue weighted by atomic mass is 16.7. The number of carbonyl (C=O) groups is 1. The quantitative estimate of drug-likeness (QED) is 0.283. The number of allylic oxidation sites excluding steroid dienone is 4. The van der Waals surface area contributed by atoms with Crippen LogP contribution in [0.3, 0.4) is 0 Å². The molecule has 2 aliphatic heterocycles. The molecule has 4 aliphatic carbocycles. The van der Waals surface area contributed by atoms with Crippen molar-refractivity contribution in [1.29, 1.82) is 0 Å². The second-order valence-electron chi connectivity index (χ2n) is 15.7. The highest BCUT2D eigenvalue weighted by Gasteiger charge is 2.59. The molecule has 0 aromatic rings. The number of hydrogen-bond acceptors (Lipinski definition) is 9. The van der Waals surface area contributed by atoms with Gasteiger partial charge in [0.15, 0.2) is 6.29 Å². The van der Waals surface area contributed by atoms with Crippen LogP contribution in [0.4, 0.5) is 0 Å².